The summed E-state index contributed by atoms with van der Waals surface area (Å²) < 4.78 is 5.62. The van der Waals surface area contributed by atoms with Gasteiger partial charge in [-0.3, -0.25) is 4.79 Å². The maximum atomic E-state index is 12.0. The number of hydrogen-bond donors (Lipinski definition) is 2. The highest BCUT2D eigenvalue weighted by molar-refractivity contribution is 5.99. The number of hydrazone groups is 1. The molecule has 0 saturated heterocycles. The summed E-state index contributed by atoms with van der Waals surface area (Å²) in [4.78, 5) is 12.0. The first-order chi connectivity index (χ1) is 10.7. The van der Waals surface area contributed by atoms with Gasteiger partial charge in [0, 0.05) is 11.3 Å². The molecule has 114 valence electrons. The molecule has 0 aliphatic heterocycles. The molecule has 2 rings (SSSR count). The fourth-order valence-corrected chi connectivity index (χ4v) is 1.86. The predicted molar refractivity (Wildman–Crippen MR) is 88.1 cm³/mol. The van der Waals surface area contributed by atoms with E-state index in [1.54, 1.807) is 30.5 Å². The van der Waals surface area contributed by atoms with Crippen molar-refractivity contribution in [2.75, 3.05) is 12.3 Å². The van der Waals surface area contributed by atoms with Gasteiger partial charge in [-0.1, -0.05) is 31.2 Å². The molecule has 5 nitrogen and oxygen atoms in total. The molecule has 0 radical (unpaired) electrons. The van der Waals surface area contributed by atoms with Gasteiger partial charge < -0.3 is 10.5 Å². The monoisotopic (exact) mass is 297 g/mol. The highest BCUT2D eigenvalue weighted by Crippen LogP contribution is 2.16. The van der Waals surface area contributed by atoms with Gasteiger partial charge in [-0.2, -0.15) is 5.10 Å². The van der Waals surface area contributed by atoms with E-state index >= 15 is 0 Å². The average molecular weight is 297 g/mol. The van der Waals surface area contributed by atoms with E-state index in [-0.39, 0.29) is 5.91 Å². The van der Waals surface area contributed by atoms with Crippen LogP contribution in [0.2, 0.25) is 0 Å². The van der Waals surface area contributed by atoms with Crippen molar-refractivity contribution < 1.29 is 9.53 Å². The molecule has 0 bridgehead atoms. The second kappa shape index (κ2) is 7.83. The van der Waals surface area contributed by atoms with E-state index < -0.39 is 0 Å². The van der Waals surface area contributed by atoms with Crippen LogP contribution in [0.1, 0.15) is 29.3 Å². The standard InChI is InChI=1S/C17H19N3O2/c1-2-11-22-16-10-6-3-7-13(16)12-19-20-17(21)14-8-4-5-9-15(14)18/h3-10,12H,2,11,18H2,1H3,(H,20,21)/b19-12-. The second-order valence-electron chi connectivity index (χ2n) is 4.67. The summed E-state index contributed by atoms with van der Waals surface area (Å²) in [5, 5.41) is 3.97. The Hall–Kier alpha value is -2.82. The number of carbonyl (C=O) groups excluding carboxylic acids is 1. The molecule has 0 atom stereocenters. The quantitative estimate of drug-likeness (QED) is 0.489. The van der Waals surface area contributed by atoms with Crippen LogP contribution in [-0.2, 0) is 0 Å². The summed E-state index contributed by atoms with van der Waals surface area (Å²) in [7, 11) is 0. The molecule has 0 aliphatic carbocycles. The summed E-state index contributed by atoms with van der Waals surface area (Å²) in [6.45, 7) is 2.68. The van der Waals surface area contributed by atoms with Crippen molar-refractivity contribution in [2.24, 2.45) is 5.10 Å². The molecule has 2 aromatic rings. The first-order valence-corrected chi connectivity index (χ1v) is 7.12. The zero-order valence-corrected chi connectivity index (χ0v) is 12.5. The number of para-hydroxylation sites is 2. The van der Waals surface area contributed by atoms with E-state index in [1.807, 2.05) is 31.2 Å². The van der Waals surface area contributed by atoms with Crippen LogP contribution in [0.4, 0.5) is 5.69 Å². The molecule has 0 spiro atoms. The molecule has 0 aromatic heterocycles. The Labute approximate surface area is 129 Å². The molecule has 1 amide bonds. The lowest BCUT2D eigenvalue weighted by Crippen LogP contribution is -2.19. The number of hydrogen-bond acceptors (Lipinski definition) is 4. The van der Waals surface area contributed by atoms with Crippen molar-refractivity contribution in [1.82, 2.24) is 5.43 Å². The van der Waals surface area contributed by atoms with E-state index in [0.29, 0.717) is 17.9 Å². The van der Waals surface area contributed by atoms with Crippen LogP contribution < -0.4 is 15.9 Å². The number of rotatable bonds is 6. The van der Waals surface area contributed by atoms with Gasteiger partial charge in [0.1, 0.15) is 5.75 Å². The third-order valence-electron chi connectivity index (χ3n) is 2.96. The van der Waals surface area contributed by atoms with Crippen LogP contribution in [0.3, 0.4) is 0 Å². The zero-order valence-electron chi connectivity index (χ0n) is 12.5. The molecule has 0 fully saturated rings. The van der Waals surface area contributed by atoms with Gasteiger partial charge in [0.15, 0.2) is 0 Å². The second-order valence-corrected chi connectivity index (χ2v) is 4.67. The first kappa shape index (κ1) is 15.6. The van der Waals surface area contributed by atoms with Gasteiger partial charge in [-0.15, -0.1) is 0 Å². The van der Waals surface area contributed by atoms with Gasteiger partial charge in [0.05, 0.1) is 18.4 Å². The molecule has 5 heteroatoms. The Morgan fingerprint density at radius 1 is 1.23 bits per heavy atom. The zero-order chi connectivity index (χ0) is 15.8. The molecule has 22 heavy (non-hydrogen) atoms. The molecule has 0 saturated carbocycles. The smallest absolute Gasteiger partial charge is 0.273 e. The van der Waals surface area contributed by atoms with Gasteiger partial charge in [-0.05, 0) is 30.7 Å². The molecule has 0 aliphatic rings. The number of amides is 1. The Kier molecular flexibility index (Phi) is 5.54. The van der Waals surface area contributed by atoms with Gasteiger partial charge >= 0.3 is 0 Å². The van der Waals surface area contributed by atoms with Gasteiger partial charge in [0.2, 0.25) is 0 Å². The lowest BCUT2D eigenvalue weighted by molar-refractivity contribution is 0.0956. The van der Waals surface area contributed by atoms with E-state index in [2.05, 4.69) is 10.5 Å². The third kappa shape index (κ3) is 4.09. The topological polar surface area (TPSA) is 76.7 Å². The highest BCUT2D eigenvalue weighted by atomic mass is 16.5. The Morgan fingerprint density at radius 3 is 2.73 bits per heavy atom. The summed E-state index contributed by atoms with van der Waals surface area (Å²) >= 11 is 0. The summed E-state index contributed by atoms with van der Waals surface area (Å²) in [6.07, 6.45) is 2.48. The van der Waals surface area contributed by atoms with Crippen LogP contribution in [-0.4, -0.2) is 18.7 Å². The van der Waals surface area contributed by atoms with Crippen molar-refractivity contribution in [3.05, 3.63) is 59.7 Å². The first-order valence-electron chi connectivity index (χ1n) is 7.12. The molecule has 3 N–H and O–H groups in total. The molecular formula is C17H19N3O2. The minimum absolute atomic E-state index is 0.346. The van der Waals surface area contributed by atoms with Crippen molar-refractivity contribution in [1.29, 1.82) is 0 Å². The predicted octanol–water partition coefficient (Wildman–Crippen LogP) is 2.82. The fraction of sp³-hybridized carbons (Fsp3) is 0.176. The Balaban J connectivity index is 2.04. The third-order valence-corrected chi connectivity index (χ3v) is 2.96. The Morgan fingerprint density at radius 2 is 1.95 bits per heavy atom. The maximum absolute atomic E-state index is 12.0. The number of nitrogens with zero attached hydrogens (tertiary/aromatic N) is 1. The Bertz CT molecular complexity index is 668. The minimum Gasteiger partial charge on any atom is -0.493 e. The van der Waals surface area contributed by atoms with Crippen LogP contribution in [0.25, 0.3) is 0 Å². The van der Waals surface area contributed by atoms with E-state index in [0.717, 1.165) is 17.7 Å². The van der Waals surface area contributed by atoms with Gasteiger partial charge in [0.25, 0.3) is 5.91 Å². The van der Waals surface area contributed by atoms with E-state index in [4.69, 9.17) is 10.5 Å². The van der Waals surface area contributed by atoms with Crippen molar-refractivity contribution in [3.63, 3.8) is 0 Å². The number of nitrogen functional groups attached to an aromatic ring is 1. The van der Waals surface area contributed by atoms with Crippen LogP contribution in [0.15, 0.2) is 53.6 Å². The number of benzene rings is 2. The number of ether oxygens (including phenoxy) is 1. The van der Waals surface area contributed by atoms with Crippen molar-refractivity contribution in [3.8, 4) is 5.75 Å². The van der Waals surface area contributed by atoms with Gasteiger partial charge in [-0.25, -0.2) is 5.43 Å². The summed E-state index contributed by atoms with van der Waals surface area (Å²) in [5.74, 6) is 0.392. The summed E-state index contributed by atoms with van der Waals surface area (Å²) in [5.41, 5.74) is 9.84. The number of anilines is 1. The van der Waals surface area contributed by atoms with E-state index in [1.165, 1.54) is 0 Å². The fourth-order valence-electron chi connectivity index (χ4n) is 1.86. The SMILES string of the molecule is CCCOc1ccccc1/C=N\NC(=O)c1ccccc1N. The molecule has 0 unspecified atom stereocenters. The largest absolute Gasteiger partial charge is 0.493 e. The number of nitrogens with one attached hydrogen (secondary N) is 1. The van der Waals surface area contributed by atoms with Crippen molar-refractivity contribution >= 4 is 17.8 Å². The molecular weight excluding hydrogens is 278 g/mol. The molecule has 0 heterocycles. The van der Waals surface area contributed by atoms with Crippen LogP contribution in [0.5, 0.6) is 5.75 Å². The highest BCUT2D eigenvalue weighted by Gasteiger charge is 2.07. The molecule has 2 aromatic carbocycles. The minimum atomic E-state index is -0.346. The van der Waals surface area contributed by atoms with Crippen LogP contribution in [0, 0.1) is 0 Å². The van der Waals surface area contributed by atoms with Crippen LogP contribution >= 0.6 is 0 Å². The maximum Gasteiger partial charge on any atom is 0.273 e. The average Bonchev–Trinajstić information content (AvgIpc) is 2.54. The lowest BCUT2D eigenvalue weighted by Gasteiger charge is -2.07. The lowest BCUT2D eigenvalue weighted by atomic mass is 10.2. The number of carbonyl (C=O) groups is 1. The number of nitrogens with two attached hydrogens (primary N) is 1. The normalized spacial score (nSPS) is 10.6. The summed E-state index contributed by atoms with van der Waals surface area (Å²) in [6, 6.07) is 14.4. The van der Waals surface area contributed by atoms with Crippen molar-refractivity contribution in [2.45, 2.75) is 13.3 Å². The van der Waals surface area contributed by atoms with E-state index in [9.17, 15) is 4.79 Å².